The summed E-state index contributed by atoms with van der Waals surface area (Å²) >= 11 is 0. The first-order chi connectivity index (χ1) is 9.93. The Kier molecular flexibility index (Phi) is 4.40. The average molecular weight is 293 g/mol. The monoisotopic (exact) mass is 293 g/mol. The number of nitrogens with zero attached hydrogens (tertiary/aromatic N) is 3. The second kappa shape index (κ2) is 6.07. The van der Waals surface area contributed by atoms with Crippen LogP contribution in [-0.4, -0.2) is 28.5 Å². The zero-order chi connectivity index (χ0) is 15.6. The van der Waals surface area contributed by atoms with Crippen LogP contribution in [0.3, 0.4) is 0 Å². The highest BCUT2D eigenvalue weighted by atomic mass is 16.6. The topological polar surface area (TPSA) is 85.6 Å². The summed E-state index contributed by atoms with van der Waals surface area (Å²) in [5.74, 6) is 0.631. The summed E-state index contributed by atoms with van der Waals surface area (Å²) in [4.78, 5) is 28.2. The molecule has 0 N–H and O–H groups in total. The Morgan fingerprint density at radius 2 is 2.19 bits per heavy atom. The SMILES string of the molecule is CCC1Oc2ccc([N+](=O)[O-])nc2N(CCC(C)C)C1=O. The molecule has 2 heterocycles. The van der Waals surface area contributed by atoms with Crippen molar-refractivity contribution in [3.63, 3.8) is 0 Å². The van der Waals surface area contributed by atoms with Gasteiger partial charge in [0.25, 0.3) is 11.7 Å². The number of amides is 1. The minimum Gasteiger partial charge on any atom is -0.474 e. The molecule has 0 aliphatic carbocycles. The molecule has 1 aliphatic rings. The molecular weight excluding hydrogens is 274 g/mol. The third-order valence-corrected chi connectivity index (χ3v) is 3.38. The number of carbonyl (C=O) groups excluding carboxylic acids is 1. The second-order valence-corrected chi connectivity index (χ2v) is 5.44. The van der Waals surface area contributed by atoms with E-state index in [2.05, 4.69) is 18.8 Å². The molecule has 2 rings (SSSR count). The minimum absolute atomic E-state index is 0.182. The van der Waals surface area contributed by atoms with Crippen molar-refractivity contribution < 1.29 is 14.5 Å². The number of carbonyl (C=O) groups is 1. The largest absolute Gasteiger partial charge is 0.474 e. The lowest BCUT2D eigenvalue weighted by molar-refractivity contribution is -0.389. The predicted molar refractivity (Wildman–Crippen MR) is 77.4 cm³/mol. The van der Waals surface area contributed by atoms with Crippen molar-refractivity contribution in [2.75, 3.05) is 11.4 Å². The van der Waals surface area contributed by atoms with Crippen molar-refractivity contribution in [2.45, 2.75) is 39.7 Å². The highest BCUT2D eigenvalue weighted by molar-refractivity contribution is 5.99. The van der Waals surface area contributed by atoms with Gasteiger partial charge < -0.3 is 14.9 Å². The Morgan fingerprint density at radius 1 is 1.48 bits per heavy atom. The zero-order valence-corrected chi connectivity index (χ0v) is 12.4. The molecule has 0 saturated carbocycles. The Bertz CT molecular complexity index is 559. The number of hydrogen-bond donors (Lipinski definition) is 0. The van der Waals surface area contributed by atoms with Gasteiger partial charge in [-0.05, 0) is 34.7 Å². The van der Waals surface area contributed by atoms with Crippen molar-refractivity contribution in [1.29, 1.82) is 0 Å². The molecule has 0 spiro atoms. The number of fused-ring (bicyclic) bond motifs is 1. The van der Waals surface area contributed by atoms with Crippen LogP contribution in [0.25, 0.3) is 0 Å². The molecule has 1 atom stereocenters. The molecule has 21 heavy (non-hydrogen) atoms. The summed E-state index contributed by atoms with van der Waals surface area (Å²) in [5.41, 5.74) is 0. The maximum atomic E-state index is 12.4. The molecule has 1 amide bonds. The lowest BCUT2D eigenvalue weighted by Crippen LogP contribution is -2.46. The van der Waals surface area contributed by atoms with Crippen molar-refractivity contribution in [3.05, 3.63) is 22.2 Å². The van der Waals surface area contributed by atoms with Crippen molar-refractivity contribution in [1.82, 2.24) is 4.98 Å². The third kappa shape index (κ3) is 3.12. The Morgan fingerprint density at radius 3 is 2.76 bits per heavy atom. The molecule has 0 radical (unpaired) electrons. The number of rotatable bonds is 5. The Labute approximate surface area is 123 Å². The van der Waals surface area contributed by atoms with E-state index in [0.717, 1.165) is 6.42 Å². The van der Waals surface area contributed by atoms with Crippen LogP contribution in [0, 0.1) is 16.0 Å². The minimum atomic E-state index is -0.572. The van der Waals surface area contributed by atoms with Crippen LogP contribution >= 0.6 is 0 Å². The molecule has 114 valence electrons. The van der Waals surface area contributed by atoms with Crippen LogP contribution in [0.15, 0.2) is 12.1 Å². The smallest absolute Gasteiger partial charge is 0.366 e. The van der Waals surface area contributed by atoms with Crippen molar-refractivity contribution >= 4 is 17.5 Å². The average Bonchev–Trinajstić information content (AvgIpc) is 2.44. The van der Waals surface area contributed by atoms with E-state index in [1.807, 2.05) is 6.92 Å². The van der Waals surface area contributed by atoms with Gasteiger partial charge >= 0.3 is 5.82 Å². The molecular formula is C14H19N3O4. The van der Waals surface area contributed by atoms with Crippen LogP contribution in [-0.2, 0) is 4.79 Å². The maximum absolute atomic E-state index is 12.4. The van der Waals surface area contributed by atoms with Gasteiger partial charge in [0, 0.05) is 12.6 Å². The lowest BCUT2D eigenvalue weighted by atomic mass is 10.1. The molecule has 1 aliphatic heterocycles. The number of anilines is 1. The van der Waals surface area contributed by atoms with E-state index < -0.39 is 11.0 Å². The number of hydrogen-bond acceptors (Lipinski definition) is 5. The van der Waals surface area contributed by atoms with Crippen LogP contribution in [0.4, 0.5) is 11.6 Å². The number of pyridine rings is 1. The fourth-order valence-corrected chi connectivity index (χ4v) is 2.16. The molecule has 0 aromatic carbocycles. The number of ether oxygens (including phenoxy) is 1. The first-order valence-corrected chi connectivity index (χ1v) is 7.07. The molecule has 0 bridgehead atoms. The maximum Gasteiger partial charge on any atom is 0.366 e. The van der Waals surface area contributed by atoms with E-state index in [-0.39, 0.29) is 17.5 Å². The molecule has 1 aromatic heterocycles. The highest BCUT2D eigenvalue weighted by Gasteiger charge is 2.37. The number of aromatic nitrogens is 1. The first-order valence-electron chi connectivity index (χ1n) is 7.07. The zero-order valence-electron chi connectivity index (χ0n) is 12.4. The quantitative estimate of drug-likeness (QED) is 0.615. The first kappa shape index (κ1) is 15.2. The molecule has 1 unspecified atom stereocenters. The van der Waals surface area contributed by atoms with Gasteiger partial charge in [-0.1, -0.05) is 20.8 Å². The molecule has 7 nitrogen and oxygen atoms in total. The lowest BCUT2D eigenvalue weighted by Gasteiger charge is -2.31. The fraction of sp³-hybridized carbons (Fsp3) is 0.571. The molecule has 0 saturated heterocycles. The van der Waals surface area contributed by atoms with Crippen LogP contribution < -0.4 is 9.64 Å². The standard InChI is InChI=1S/C14H19N3O4/c1-4-10-14(18)16(8-7-9(2)3)13-11(21-10)5-6-12(15-13)17(19)20/h5-6,9-10H,4,7-8H2,1-3H3. The van der Waals surface area contributed by atoms with E-state index in [4.69, 9.17) is 4.74 Å². The Hall–Kier alpha value is -2.18. The molecule has 0 fully saturated rings. The van der Waals surface area contributed by atoms with Crippen LogP contribution in [0.2, 0.25) is 0 Å². The van der Waals surface area contributed by atoms with Gasteiger partial charge in [0.05, 0.1) is 0 Å². The van der Waals surface area contributed by atoms with Crippen molar-refractivity contribution in [3.8, 4) is 5.75 Å². The van der Waals surface area contributed by atoms with Gasteiger partial charge in [-0.3, -0.25) is 9.69 Å². The summed E-state index contributed by atoms with van der Waals surface area (Å²) in [6.07, 6.45) is 0.798. The predicted octanol–water partition coefficient (Wildman–Crippen LogP) is 2.54. The summed E-state index contributed by atoms with van der Waals surface area (Å²) in [6.45, 7) is 6.47. The van der Waals surface area contributed by atoms with Gasteiger partial charge in [0.15, 0.2) is 11.9 Å². The van der Waals surface area contributed by atoms with Crippen LogP contribution in [0.5, 0.6) is 5.75 Å². The van der Waals surface area contributed by atoms with E-state index >= 15 is 0 Å². The van der Waals surface area contributed by atoms with E-state index in [1.165, 1.54) is 17.0 Å². The highest BCUT2D eigenvalue weighted by Crippen LogP contribution is 2.34. The third-order valence-electron chi connectivity index (χ3n) is 3.38. The molecule has 7 heteroatoms. The second-order valence-electron chi connectivity index (χ2n) is 5.44. The summed E-state index contributed by atoms with van der Waals surface area (Å²) < 4.78 is 5.59. The van der Waals surface area contributed by atoms with Crippen molar-refractivity contribution in [2.24, 2.45) is 5.92 Å². The summed E-state index contributed by atoms with van der Waals surface area (Å²) in [7, 11) is 0. The van der Waals surface area contributed by atoms with E-state index in [0.29, 0.717) is 24.6 Å². The fourth-order valence-electron chi connectivity index (χ4n) is 2.16. The van der Waals surface area contributed by atoms with Gasteiger partial charge in [0.2, 0.25) is 0 Å². The van der Waals surface area contributed by atoms with Gasteiger partial charge in [-0.25, -0.2) is 0 Å². The van der Waals surface area contributed by atoms with E-state index in [9.17, 15) is 14.9 Å². The summed E-state index contributed by atoms with van der Waals surface area (Å²) in [5, 5.41) is 10.9. The number of nitro groups is 1. The molecule has 1 aromatic rings. The normalized spacial score (nSPS) is 17.6. The van der Waals surface area contributed by atoms with Gasteiger partial charge in [0.1, 0.15) is 0 Å². The summed E-state index contributed by atoms with van der Waals surface area (Å²) in [6, 6.07) is 2.81. The van der Waals surface area contributed by atoms with Gasteiger partial charge in [-0.15, -0.1) is 0 Å². The van der Waals surface area contributed by atoms with E-state index in [1.54, 1.807) is 0 Å². The van der Waals surface area contributed by atoms with Gasteiger partial charge in [-0.2, -0.15) is 0 Å². The van der Waals surface area contributed by atoms with Crippen LogP contribution in [0.1, 0.15) is 33.6 Å². The Balaban J connectivity index is 2.39.